The lowest BCUT2D eigenvalue weighted by Crippen LogP contribution is -2.10. The van der Waals surface area contributed by atoms with E-state index in [4.69, 9.17) is 20.6 Å². The van der Waals surface area contributed by atoms with Gasteiger partial charge in [-0.25, -0.2) is 4.79 Å². The van der Waals surface area contributed by atoms with Crippen LogP contribution in [0.15, 0.2) is 66.7 Å². The summed E-state index contributed by atoms with van der Waals surface area (Å²) in [5.41, 5.74) is 10.5. The Bertz CT molecular complexity index is 1060. The molecule has 5 nitrogen and oxygen atoms in total. The van der Waals surface area contributed by atoms with Gasteiger partial charge in [0.05, 0.1) is 12.7 Å². The number of nitrogen functional groups attached to an aromatic ring is 1. The number of methoxy groups -OCH3 is 1. The lowest BCUT2D eigenvalue weighted by molar-refractivity contribution is 0.0600. The van der Waals surface area contributed by atoms with Gasteiger partial charge in [-0.3, -0.25) is 5.41 Å². The van der Waals surface area contributed by atoms with Gasteiger partial charge >= 0.3 is 5.97 Å². The van der Waals surface area contributed by atoms with E-state index in [1.807, 2.05) is 36.4 Å². The Morgan fingerprint density at radius 1 is 0.967 bits per heavy atom. The molecule has 0 unspecified atom stereocenters. The zero-order valence-electron chi connectivity index (χ0n) is 17.4. The predicted molar refractivity (Wildman–Crippen MR) is 119 cm³/mol. The van der Waals surface area contributed by atoms with Gasteiger partial charge in [0.2, 0.25) is 0 Å². The minimum Gasteiger partial charge on any atom is -0.489 e. The fraction of sp³-hybridized carbons (Fsp3) is 0.200. The third-order valence-corrected chi connectivity index (χ3v) is 4.87. The van der Waals surface area contributed by atoms with Crippen LogP contribution in [0.25, 0.3) is 11.1 Å². The van der Waals surface area contributed by atoms with Gasteiger partial charge in [-0.1, -0.05) is 44.2 Å². The predicted octanol–water partition coefficient (Wildman–Crippen LogP) is 5.13. The van der Waals surface area contributed by atoms with Crippen molar-refractivity contribution in [3.8, 4) is 16.9 Å². The molecule has 30 heavy (non-hydrogen) atoms. The summed E-state index contributed by atoms with van der Waals surface area (Å²) in [4.78, 5) is 12.2. The van der Waals surface area contributed by atoms with Crippen molar-refractivity contribution >= 4 is 11.8 Å². The fourth-order valence-electron chi connectivity index (χ4n) is 3.16. The molecule has 0 aliphatic heterocycles. The molecule has 3 aromatic rings. The number of nitrogens with two attached hydrogens (primary N) is 1. The van der Waals surface area contributed by atoms with Gasteiger partial charge in [0, 0.05) is 5.56 Å². The molecule has 0 aliphatic rings. The van der Waals surface area contributed by atoms with E-state index >= 15 is 0 Å². The van der Waals surface area contributed by atoms with Crippen molar-refractivity contribution in [2.75, 3.05) is 7.11 Å². The highest BCUT2D eigenvalue weighted by molar-refractivity contribution is 5.96. The van der Waals surface area contributed by atoms with E-state index in [2.05, 4.69) is 26.0 Å². The summed E-state index contributed by atoms with van der Waals surface area (Å²) < 4.78 is 10.9. The second kappa shape index (κ2) is 9.27. The van der Waals surface area contributed by atoms with Crippen LogP contribution in [-0.2, 0) is 11.3 Å². The van der Waals surface area contributed by atoms with E-state index in [0.717, 1.165) is 22.4 Å². The molecule has 0 atom stereocenters. The number of amidine groups is 1. The lowest BCUT2D eigenvalue weighted by atomic mass is 9.98. The first-order valence-electron chi connectivity index (χ1n) is 9.77. The molecule has 0 fully saturated rings. The molecule has 0 saturated carbocycles. The zero-order chi connectivity index (χ0) is 21.7. The minimum atomic E-state index is -0.415. The van der Waals surface area contributed by atoms with Crippen molar-refractivity contribution in [1.82, 2.24) is 0 Å². The number of ether oxygens (including phenoxy) is 2. The molecule has 0 aliphatic carbocycles. The average Bonchev–Trinajstić information content (AvgIpc) is 2.77. The van der Waals surface area contributed by atoms with E-state index in [-0.39, 0.29) is 5.84 Å². The summed E-state index contributed by atoms with van der Waals surface area (Å²) in [5, 5.41) is 7.66. The highest BCUT2D eigenvalue weighted by Crippen LogP contribution is 2.25. The number of carbonyl (C=O) groups is 1. The summed E-state index contributed by atoms with van der Waals surface area (Å²) in [6.07, 6.45) is 0. The number of hydrogen-bond donors (Lipinski definition) is 2. The third kappa shape index (κ3) is 5.06. The van der Waals surface area contributed by atoms with Crippen molar-refractivity contribution in [1.29, 1.82) is 5.41 Å². The molecular formula is C25H26N2O3. The lowest BCUT2D eigenvalue weighted by Gasteiger charge is -2.12. The van der Waals surface area contributed by atoms with Gasteiger partial charge in [-0.05, 0) is 64.6 Å². The van der Waals surface area contributed by atoms with E-state index in [1.165, 1.54) is 12.7 Å². The van der Waals surface area contributed by atoms with Gasteiger partial charge in [0.15, 0.2) is 0 Å². The summed E-state index contributed by atoms with van der Waals surface area (Å²) >= 11 is 0. The third-order valence-electron chi connectivity index (χ3n) is 4.87. The number of benzene rings is 3. The SMILES string of the molecule is COC(=O)c1cc(COc2ccc(C(C)C)cc2)cc(-c2cccc(C(=N)N)c2)c1. The highest BCUT2D eigenvalue weighted by atomic mass is 16.5. The normalized spacial score (nSPS) is 10.7. The maximum Gasteiger partial charge on any atom is 0.337 e. The molecule has 3 aromatic carbocycles. The second-order valence-electron chi connectivity index (χ2n) is 7.42. The van der Waals surface area contributed by atoms with Crippen molar-refractivity contribution in [3.63, 3.8) is 0 Å². The molecule has 3 N–H and O–H groups in total. The zero-order valence-corrected chi connectivity index (χ0v) is 17.4. The Morgan fingerprint density at radius 3 is 2.30 bits per heavy atom. The molecule has 0 bridgehead atoms. The van der Waals surface area contributed by atoms with Crippen LogP contribution in [0.5, 0.6) is 5.75 Å². The van der Waals surface area contributed by atoms with Crippen LogP contribution in [0.1, 0.15) is 46.8 Å². The van der Waals surface area contributed by atoms with Gasteiger partial charge < -0.3 is 15.2 Å². The standard InChI is InChI=1S/C25H26N2O3/c1-16(2)18-7-9-23(10-8-18)30-15-17-11-21(14-22(12-17)25(28)29-3)19-5-4-6-20(13-19)24(26)27/h4-14,16H,15H2,1-3H3,(H3,26,27). The first kappa shape index (κ1) is 21.1. The molecule has 3 rings (SSSR count). The van der Waals surface area contributed by atoms with Crippen molar-refractivity contribution < 1.29 is 14.3 Å². The number of carbonyl (C=O) groups excluding carboxylic acids is 1. The van der Waals surface area contributed by atoms with Gasteiger partial charge in [0.1, 0.15) is 18.2 Å². The first-order valence-corrected chi connectivity index (χ1v) is 9.77. The van der Waals surface area contributed by atoms with Crippen molar-refractivity contribution in [2.24, 2.45) is 5.73 Å². The molecule has 0 amide bonds. The molecule has 0 spiro atoms. The topological polar surface area (TPSA) is 85.4 Å². The molecule has 5 heteroatoms. The maximum absolute atomic E-state index is 12.2. The molecule has 0 heterocycles. The number of esters is 1. The Labute approximate surface area is 177 Å². The summed E-state index contributed by atoms with van der Waals surface area (Å²) in [7, 11) is 1.36. The number of hydrogen-bond acceptors (Lipinski definition) is 4. The van der Waals surface area contributed by atoms with Crippen LogP contribution in [0.4, 0.5) is 0 Å². The summed E-state index contributed by atoms with van der Waals surface area (Å²) in [6.45, 7) is 4.61. The molecule has 0 aromatic heterocycles. The van der Waals surface area contributed by atoms with E-state index in [1.54, 1.807) is 18.2 Å². The molecular weight excluding hydrogens is 376 g/mol. The van der Waals surface area contributed by atoms with Crippen LogP contribution < -0.4 is 10.5 Å². The van der Waals surface area contributed by atoms with Gasteiger partial charge in [0.25, 0.3) is 0 Å². The van der Waals surface area contributed by atoms with Gasteiger partial charge in [-0.15, -0.1) is 0 Å². The van der Waals surface area contributed by atoms with Gasteiger partial charge in [-0.2, -0.15) is 0 Å². The number of rotatable bonds is 7. The second-order valence-corrected chi connectivity index (χ2v) is 7.42. The Morgan fingerprint density at radius 2 is 1.67 bits per heavy atom. The smallest absolute Gasteiger partial charge is 0.337 e. The minimum absolute atomic E-state index is 0.00521. The van der Waals surface area contributed by atoms with Crippen molar-refractivity contribution in [3.05, 3.63) is 89.0 Å². The van der Waals surface area contributed by atoms with Crippen LogP contribution in [0.2, 0.25) is 0 Å². The highest BCUT2D eigenvalue weighted by Gasteiger charge is 2.12. The Kier molecular flexibility index (Phi) is 6.52. The van der Waals surface area contributed by atoms with E-state index in [0.29, 0.717) is 23.7 Å². The molecule has 154 valence electrons. The van der Waals surface area contributed by atoms with Crippen LogP contribution in [0.3, 0.4) is 0 Å². The van der Waals surface area contributed by atoms with E-state index < -0.39 is 5.97 Å². The van der Waals surface area contributed by atoms with Crippen LogP contribution >= 0.6 is 0 Å². The average molecular weight is 402 g/mol. The Hall–Kier alpha value is -3.60. The van der Waals surface area contributed by atoms with Crippen LogP contribution in [-0.4, -0.2) is 18.9 Å². The van der Waals surface area contributed by atoms with Crippen LogP contribution in [0, 0.1) is 5.41 Å². The number of nitrogens with one attached hydrogen (secondary N) is 1. The monoisotopic (exact) mass is 402 g/mol. The van der Waals surface area contributed by atoms with Crippen molar-refractivity contribution in [2.45, 2.75) is 26.4 Å². The quantitative estimate of drug-likeness (QED) is 0.326. The maximum atomic E-state index is 12.2. The first-order chi connectivity index (χ1) is 14.4. The fourth-order valence-corrected chi connectivity index (χ4v) is 3.16. The molecule has 0 radical (unpaired) electrons. The largest absolute Gasteiger partial charge is 0.489 e. The Balaban J connectivity index is 1.90. The molecule has 0 saturated heterocycles. The van der Waals surface area contributed by atoms with E-state index in [9.17, 15) is 4.79 Å². The summed E-state index contributed by atoms with van der Waals surface area (Å²) in [5.74, 6) is 0.809. The summed E-state index contributed by atoms with van der Waals surface area (Å²) in [6, 6.07) is 20.9.